The Morgan fingerprint density at radius 3 is 2.58 bits per heavy atom. The first-order valence-corrected chi connectivity index (χ1v) is 10.4. The smallest absolute Gasteiger partial charge is 0.238 e. The number of carbonyl (C=O) groups is 3. The molecule has 31 heavy (non-hydrogen) atoms. The first kappa shape index (κ1) is 19.5. The van der Waals surface area contributed by atoms with Crippen LogP contribution in [0.3, 0.4) is 0 Å². The fourth-order valence-corrected chi connectivity index (χ4v) is 5.27. The number of allylic oxidation sites excluding steroid dienone is 2. The molecular formula is C25H23NO5. The van der Waals surface area contributed by atoms with E-state index in [4.69, 9.17) is 9.47 Å². The third-order valence-corrected chi connectivity index (χ3v) is 6.72. The lowest BCUT2D eigenvalue weighted by molar-refractivity contribution is -0.123. The molecule has 3 aliphatic rings. The van der Waals surface area contributed by atoms with Crippen LogP contribution in [0.25, 0.3) is 0 Å². The maximum Gasteiger partial charge on any atom is 0.238 e. The quantitative estimate of drug-likeness (QED) is 0.407. The number of rotatable bonds is 6. The molecule has 2 amide bonds. The highest BCUT2D eigenvalue weighted by Crippen LogP contribution is 2.55. The lowest BCUT2D eigenvalue weighted by atomic mass is 9.82. The van der Waals surface area contributed by atoms with Crippen molar-refractivity contribution in [3.05, 3.63) is 65.7 Å². The summed E-state index contributed by atoms with van der Waals surface area (Å²) in [5.74, 6) is 0.433. The Kier molecular flexibility index (Phi) is 4.65. The molecule has 1 heterocycles. The van der Waals surface area contributed by atoms with Gasteiger partial charge in [-0.2, -0.15) is 0 Å². The summed E-state index contributed by atoms with van der Waals surface area (Å²) < 4.78 is 10.8. The number of carbonyl (C=O) groups excluding carboxylic acids is 3. The minimum Gasteiger partial charge on any atom is -0.497 e. The van der Waals surface area contributed by atoms with Gasteiger partial charge in [-0.05, 0) is 49.4 Å². The standard InChI is InChI=1S/C25H23NO5/c1-14-9-16-11-20(14)23-22(16)24(28)26(25(23)29)17-6-4-8-19(12-17)31-13-21(27)15-5-3-7-18(10-15)30-2/h3-10,12,16,20,22-23H,11,13H2,1-2H3/t16-,20+,22-,23-/m0/s1. The topological polar surface area (TPSA) is 72.9 Å². The van der Waals surface area contributed by atoms with Crippen LogP contribution >= 0.6 is 0 Å². The molecule has 0 N–H and O–H groups in total. The first-order valence-electron chi connectivity index (χ1n) is 10.4. The molecule has 0 unspecified atom stereocenters. The largest absolute Gasteiger partial charge is 0.497 e. The van der Waals surface area contributed by atoms with Gasteiger partial charge in [-0.3, -0.25) is 14.4 Å². The van der Waals surface area contributed by atoms with Crippen LogP contribution in [-0.4, -0.2) is 31.3 Å². The van der Waals surface area contributed by atoms with Crippen molar-refractivity contribution >= 4 is 23.3 Å². The molecule has 2 fully saturated rings. The Balaban J connectivity index is 1.31. The Morgan fingerprint density at radius 1 is 1.03 bits per heavy atom. The van der Waals surface area contributed by atoms with Gasteiger partial charge in [-0.25, -0.2) is 4.90 Å². The van der Waals surface area contributed by atoms with Gasteiger partial charge in [0.2, 0.25) is 11.8 Å². The minimum atomic E-state index is -0.250. The van der Waals surface area contributed by atoms with E-state index in [0.29, 0.717) is 22.7 Å². The van der Waals surface area contributed by atoms with E-state index in [9.17, 15) is 14.4 Å². The average molecular weight is 417 g/mol. The summed E-state index contributed by atoms with van der Waals surface area (Å²) >= 11 is 0. The SMILES string of the molecule is COc1cccc(C(=O)COc2cccc(N3C(=O)[C@@H]4[C@@H](C3=O)[C@H]3C=C(C)[C@H]4C3)c2)c1. The Hall–Kier alpha value is -3.41. The van der Waals surface area contributed by atoms with E-state index in [2.05, 4.69) is 13.0 Å². The van der Waals surface area contributed by atoms with E-state index in [1.165, 1.54) is 10.5 Å². The number of methoxy groups -OCH3 is 1. The Bertz CT molecular complexity index is 1120. The van der Waals surface area contributed by atoms with Crippen LogP contribution < -0.4 is 14.4 Å². The van der Waals surface area contributed by atoms with Crippen molar-refractivity contribution in [1.82, 2.24) is 0 Å². The molecular weight excluding hydrogens is 394 g/mol. The molecule has 6 heteroatoms. The normalized spacial score (nSPS) is 26.1. The first-order chi connectivity index (χ1) is 15.0. The van der Waals surface area contributed by atoms with Crippen LogP contribution in [0.2, 0.25) is 0 Å². The van der Waals surface area contributed by atoms with Crippen molar-refractivity contribution in [3.8, 4) is 11.5 Å². The molecule has 2 bridgehead atoms. The number of anilines is 1. The Morgan fingerprint density at radius 2 is 1.77 bits per heavy atom. The molecule has 158 valence electrons. The fourth-order valence-electron chi connectivity index (χ4n) is 5.27. The monoisotopic (exact) mass is 417 g/mol. The molecule has 0 aromatic heterocycles. The second-order valence-corrected chi connectivity index (χ2v) is 8.42. The predicted octanol–water partition coefficient (Wildman–Crippen LogP) is 3.66. The number of hydrogen-bond donors (Lipinski definition) is 0. The van der Waals surface area contributed by atoms with Gasteiger partial charge in [0.05, 0.1) is 24.6 Å². The molecule has 0 radical (unpaired) electrons. The van der Waals surface area contributed by atoms with Gasteiger partial charge in [0.15, 0.2) is 12.4 Å². The van der Waals surface area contributed by atoms with E-state index in [0.717, 1.165) is 6.42 Å². The predicted molar refractivity (Wildman–Crippen MR) is 114 cm³/mol. The number of benzene rings is 2. The van der Waals surface area contributed by atoms with Crippen molar-refractivity contribution in [2.45, 2.75) is 13.3 Å². The highest BCUT2D eigenvalue weighted by atomic mass is 16.5. The summed E-state index contributed by atoms with van der Waals surface area (Å²) in [6, 6.07) is 13.7. The summed E-state index contributed by atoms with van der Waals surface area (Å²) in [5.41, 5.74) is 2.21. The molecule has 2 aliphatic carbocycles. The number of amides is 2. The molecule has 1 aliphatic heterocycles. The van der Waals surface area contributed by atoms with Crippen LogP contribution in [-0.2, 0) is 9.59 Å². The lowest BCUT2D eigenvalue weighted by Crippen LogP contribution is -2.32. The minimum absolute atomic E-state index is 0.125. The van der Waals surface area contributed by atoms with Crippen LogP contribution in [0.5, 0.6) is 11.5 Å². The lowest BCUT2D eigenvalue weighted by Gasteiger charge is -2.19. The molecule has 1 saturated heterocycles. The van der Waals surface area contributed by atoms with E-state index < -0.39 is 0 Å². The number of ketones is 1. The molecule has 1 saturated carbocycles. The van der Waals surface area contributed by atoms with E-state index >= 15 is 0 Å². The van der Waals surface area contributed by atoms with E-state index in [1.54, 1.807) is 55.6 Å². The molecule has 2 aromatic rings. The number of ether oxygens (including phenoxy) is 2. The van der Waals surface area contributed by atoms with Gasteiger partial charge in [0.25, 0.3) is 0 Å². The zero-order valence-corrected chi connectivity index (χ0v) is 17.4. The van der Waals surface area contributed by atoms with Crippen molar-refractivity contribution in [3.63, 3.8) is 0 Å². The van der Waals surface area contributed by atoms with Crippen molar-refractivity contribution in [2.75, 3.05) is 18.6 Å². The van der Waals surface area contributed by atoms with Gasteiger partial charge in [0, 0.05) is 11.6 Å². The van der Waals surface area contributed by atoms with Crippen LogP contribution in [0.15, 0.2) is 60.2 Å². The summed E-state index contributed by atoms with van der Waals surface area (Å²) in [5, 5.41) is 0. The number of hydrogen-bond acceptors (Lipinski definition) is 5. The molecule has 4 atom stereocenters. The zero-order valence-electron chi connectivity index (χ0n) is 17.4. The van der Waals surface area contributed by atoms with Crippen molar-refractivity contribution < 1.29 is 23.9 Å². The van der Waals surface area contributed by atoms with Gasteiger partial charge >= 0.3 is 0 Å². The number of imide groups is 1. The van der Waals surface area contributed by atoms with Crippen molar-refractivity contribution in [2.24, 2.45) is 23.7 Å². The van der Waals surface area contributed by atoms with Crippen LogP contribution in [0.1, 0.15) is 23.7 Å². The van der Waals surface area contributed by atoms with Gasteiger partial charge in [-0.15, -0.1) is 0 Å². The summed E-state index contributed by atoms with van der Waals surface area (Å²) in [7, 11) is 1.55. The van der Waals surface area contributed by atoms with E-state index in [1.807, 2.05) is 0 Å². The Labute approximate surface area is 180 Å². The van der Waals surface area contributed by atoms with Crippen LogP contribution in [0, 0.1) is 23.7 Å². The average Bonchev–Trinajstić information content (AvgIpc) is 3.42. The fraction of sp³-hybridized carbons (Fsp3) is 0.320. The summed E-state index contributed by atoms with van der Waals surface area (Å²) in [6.07, 6.45) is 3.06. The second-order valence-electron chi connectivity index (χ2n) is 8.42. The number of nitrogens with zero attached hydrogens (tertiary/aromatic N) is 1. The van der Waals surface area contributed by atoms with Gasteiger partial charge < -0.3 is 9.47 Å². The number of Topliss-reactive ketones (excluding diaryl/α,β-unsaturated/α-hetero) is 1. The molecule has 6 nitrogen and oxygen atoms in total. The summed E-state index contributed by atoms with van der Waals surface area (Å²) in [6.45, 7) is 1.89. The third kappa shape index (κ3) is 3.14. The maximum atomic E-state index is 13.1. The zero-order chi connectivity index (χ0) is 21.7. The van der Waals surface area contributed by atoms with Crippen molar-refractivity contribution in [1.29, 1.82) is 0 Å². The highest BCUT2D eigenvalue weighted by molar-refractivity contribution is 6.23. The molecule has 2 aromatic carbocycles. The van der Waals surface area contributed by atoms with Gasteiger partial charge in [-0.1, -0.05) is 29.8 Å². The number of fused-ring (bicyclic) bond motifs is 5. The highest BCUT2D eigenvalue weighted by Gasteiger charge is 2.60. The van der Waals surface area contributed by atoms with Gasteiger partial charge in [0.1, 0.15) is 11.5 Å². The molecule has 5 rings (SSSR count). The second kappa shape index (κ2) is 7.38. The maximum absolute atomic E-state index is 13.1. The van der Waals surface area contributed by atoms with E-state index in [-0.39, 0.29) is 47.9 Å². The third-order valence-electron chi connectivity index (χ3n) is 6.72. The van der Waals surface area contributed by atoms with Crippen LogP contribution in [0.4, 0.5) is 5.69 Å². The molecule has 0 spiro atoms. The summed E-state index contributed by atoms with van der Waals surface area (Å²) in [4.78, 5) is 40.0.